The van der Waals surface area contributed by atoms with Gasteiger partial charge < -0.3 is 31.1 Å². The van der Waals surface area contributed by atoms with Gasteiger partial charge in [-0.25, -0.2) is 4.39 Å². The Kier molecular flexibility index (Phi) is 9.76. The van der Waals surface area contributed by atoms with E-state index >= 15 is 0 Å². The fourth-order valence-electron chi connectivity index (χ4n) is 5.55. The highest BCUT2D eigenvalue weighted by atomic mass is 19.2. The quantitative estimate of drug-likeness (QED) is 0.248. The van der Waals surface area contributed by atoms with Crippen molar-refractivity contribution in [3.05, 3.63) is 58.9 Å². The number of carbonyl (C=O) groups is 4. The molecule has 6 atom stereocenters. The summed E-state index contributed by atoms with van der Waals surface area (Å²) in [6.45, 7) is 2.67. The number of amides is 4. The molecule has 2 aromatic rings. The highest BCUT2D eigenvalue weighted by Gasteiger charge is 2.44. The van der Waals surface area contributed by atoms with Crippen molar-refractivity contribution < 1.29 is 47.0 Å². The molecule has 15 heteroatoms. The normalized spacial score (nSPS) is 27.0. The molecule has 1 aliphatic heterocycles. The Morgan fingerprint density at radius 3 is 2.30 bits per heavy atom. The summed E-state index contributed by atoms with van der Waals surface area (Å²) < 4.78 is 56.7. The Morgan fingerprint density at radius 1 is 1.02 bits per heavy atom. The first-order chi connectivity index (χ1) is 20.7. The Balaban J connectivity index is 1.76. The van der Waals surface area contributed by atoms with E-state index in [0.717, 1.165) is 11.3 Å². The van der Waals surface area contributed by atoms with E-state index in [0.29, 0.717) is 12.8 Å². The van der Waals surface area contributed by atoms with Gasteiger partial charge in [0.25, 0.3) is 11.9 Å². The lowest BCUT2D eigenvalue weighted by Crippen LogP contribution is -2.65. The molecule has 1 unspecified atom stereocenters. The van der Waals surface area contributed by atoms with Gasteiger partial charge in [0, 0.05) is 19.0 Å². The van der Waals surface area contributed by atoms with Crippen molar-refractivity contribution in [3.8, 4) is 5.75 Å². The maximum Gasteiger partial charge on any atom is 0.255 e. The van der Waals surface area contributed by atoms with Crippen LogP contribution in [0.15, 0.2) is 24.3 Å². The number of benzene rings is 1. The van der Waals surface area contributed by atoms with Crippen LogP contribution in [0.2, 0.25) is 0 Å². The molecule has 11 nitrogen and oxygen atoms in total. The van der Waals surface area contributed by atoms with Gasteiger partial charge in [-0.3, -0.25) is 19.2 Å². The molecule has 2 heterocycles. The van der Waals surface area contributed by atoms with Crippen molar-refractivity contribution in [1.82, 2.24) is 25.8 Å². The molecular formula is C29H33F4N5O6. The average molecular weight is 624 g/mol. The number of phenols is 1. The zero-order chi connectivity index (χ0) is 32.5. The minimum Gasteiger partial charge on any atom is -0.507 e. The molecule has 5 N–H and O–H groups in total. The number of hydrogen-bond donors (Lipinski definition) is 5. The minimum absolute atomic E-state index is 0.204. The van der Waals surface area contributed by atoms with Gasteiger partial charge in [-0.05, 0) is 37.8 Å². The van der Waals surface area contributed by atoms with Gasteiger partial charge in [0.1, 0.15) is 17.8 Å². The number of nitrogens with one attached hydrogen (secondary N) is 3. The van der Waals surface area contributed by atoms with Crippen LogP contribution < -0.4 is 16.0 Å². The van der Waals surface area contributed by atoms with Crippen molar-refractivity contribution in [1.29, 1.82) is 0 Å². The lowest BCUT2D eigenvalue weighted by atomic mass is 9.78. The number of aromatic hydroxyl groups is 1. The van der Waals surface area contributed by atoms with Gasteiger partial charge in [-0.1, -0.05) is 25.5 Å². The molecule has 44 heavy (non-hydrogen) atoms. The zero-order valence-electron chi connectivity index (χ0n) is 24.1. The van der Waals surface area contributed by atoms with Crippen molar-refractivity contribution in [3.63, 3.8) is 0 Å². The fraction of sp³-hybridized carbons (Fsp3) is 0.483. The third-order valence-electron chi connectivity index (χ3n) is 8.37. The summed E-state index contributed by atoms with van der Waals surface area (Å²) >= 11 is 0. The van der Waals surface area contributed by atoms with Gasteiger partial charge in [0.05, 0.1) is 29.7 Å². The third-order valence-corrected chi connectivity index (χ3v) is 8.37. The van der Waals surface area contributed by atoms with E-state index in [2.05, 4.69) is 20.9 Å². The second-order valence-electron chi connectivity index (χ2n) is 11.2. The van der Waals surface area contributed by atoms with E-state index in [1.54, 1.807) is 0 Å². The number of carbonyl (C=O) groups excluding carboxylic acids is 4. The molecule has 2 fully saturated rings. The van der Waals surface area contributed by atoms with Gasteiger partial charge in [-0.15, -0.1) is 0 Å². The first kappa shape index (κ1) is 32.6. The zero-order valence-corrected chi connectivity index (χ0v) is 24.1. The number of likely N-dealkylation sites (N-methyl/N-ethyl adjacent to an activating group) is 1. The molecule has 2 aliphatic rings. The lowest BCUT2D eigenvalue weighted by molar-refractivity contribution is -0.149. The van der Waals surface area contributed by atoms with Crippen LogP contribution in [-0.4, -0.2) is 81.0 Å². The Bertz CT molecular complexity index is 1460. The minimum atomic E-state index is -2.08. The monoisotopic (exact) mass is 623 g/mol. The van der Waals surface area contributed by atoms with Crippen LogP contribution in [0, 0.1) is 35.4 Å². The summed E-state index contributed by atoms with van der Waals surface area (Å²) in [5, 5.41) is 28.9. The number of aliphatic hydroxyl groups excluding tert-OH is 1. The summed E-state index contributed by atoms with van der Waals surface area (Å²) in [4.78, 5) is 57.7. The van der Waals surface area contributed by atoms with E-state index in [1.165, 1.54) is 45.2 Å². The van der Waals surface area contributed by atoms with Crippen LogP contribution in [0.25, 0.3) is 0 Å². The van der Waals surface area contributed by atoms with Crippen molar-refractivity contribution in [2.45, 2.75) is 69.8 Å². The van der Waals surface area contributed by atoms with Crippen molar-refractivity contribution in [2.24, 2.45) is 11.8 Å². The molecule has 1 saturated heterocycles. The van der Waals surface area contributed by atoms with E-state index in [-0.39, 0.29) is 11.5 Å². The predicted molar refractivity (Wildman–Crippen MR) is 146 cm³/mol. The molecule has 4 amide bonds. The number of phenolic OH excluding ortho intramolecular Hbond substituents is 1. The van der Waals surface area contributed by atoms with Gasteiger partial charge >= 0.3 is 0 Å². The highest BCUT2D eigenvalue weighted by molar-refractivity contribution is 6.00. The average Bonchev–Trinajstić information content (AvgIpc) is 2.95. The number of halogens is 4. The molecule has 1 aromatic carbocycles. The summed E-state index contributed by atoms with van der Waals surface area (Å²) in [5.41, 5.74) is -1.30. The van der Waals surface area contributed by atoms with E-state index < -0.39 is 101 Å². The molecular weight excluding hydrogens is 590 g/mol. The standard InChI is InChI=1S/C29H33F4N5O6/c1-12-23(40)17(11-16-19(30)20(31)25(33)37-24(16)32)35-27(42)21(36-26(41)15-9-4-5-10-18(15)39)13(2)34-28(43)22(14-7-6-8-14)38(3)29(12)44/h4-5,9-10,12-14,17,21-23,39-40H,6-8,11H2,1-3H3,(H,34,43)(H,35,42)(H,36,41)/t12-,13-,17+,21+,22?,23+/m1/s1. The van der Waals surface area contributed by atoms with Gasteiger partial charge in [0.2, 0.25) is 29.5 Å². The highest BCUT2D eigenvalue weighted by Crippen LogP contribution is 2.33. The molecule has 4 rings (SSSR count). The molecule has 238 valence electrons. The van der Waals surface area contributed by atoms with Crippen molar-refractivity contribution >= 4 is 23.6 Å². The fourth-order valence-corrected chi connectivity index (χ4v) is 5.55. The topological polar surface area (TPSA) is 161 Å². The molecule has 0 bridgehead atoms. The van der Waals surface area contributed by atoms with Crippen LogP contribution in [-0.2, 0) is 20.8 Å². The summed E-state index contributed by atoms with van der Waals surface area (Å²) in [6, 6.07) is 0.00774. The maximum absolute atomic E-state index is 14.7. The SMILES string of the molecule is C[C@H]1NC(=O)C(C2CCC2)N(C)C(=O)[C@H](C)[C@H](O)[C@H](Cc2c(F)nc(F)c(F)c2F)NC(=O)[C@H]1NC(=O)c1ccccc1O. The van der Waals surface area contributed by atoms with Crippen LogP contribution in [0.5, 0.6) is 5.75 Å². The number of aliphatic hydroxyl groups is 1. The van der Waals surface area contributed by atoms with Gasteiger partial charge in [0.15, 0.2) is 5.82 Å². The summed E-state index contributed by atoms with van der Waals surface area (Å²) in [7, 11) is 1.37. The third kappa shape index (κ3) is 6.47. The van der Waals surface area contributed by atoms with E-state index in [1.807, 2.05) is 0 Å². The molecule has 0 spiro atoms. The largest absolute Gasteiger partial charge is 0.507 e. The first-order valence-corrected chi connectivity index (χ1v) is 14.1. The summed E-state index contributed by atoms with van der Waals surface area (Å²) in [5.74, 6) is -13.1. The van der Waals surface area contributed by atoms with E-state index in [9.17, 15) is 47.0 Å². The van der Waals surface area contributed by atoms with Crippen molar-refractivity contribution in [2.75, 3.05) is 7.05 Å². The predicted octanol–water partition coefficient (Wildman–Crippen LogP) is 1.31. The van der Waals surface area contributed by atoms with Crippen LogP contribution in [0.4, 0.5) is 17.6 Å². The Morgan fingerprint density at radius 2 is 1.68 bits per heavy atom. The number of aromatic nitrogens is 1. The molecule has 1 aliphatic carbocycles. The number of hydrogen-bond acceptors (Lipinski definition) is 7. The smallest absolute Gasteiger partial charge is 0.255 e. The Hall–Kier alpha value is -4.27. The number of rotatable bonds is 5. The number of nitrogens with zero attached hydrogens (tertiary/aromatic N) is 2. The Labute approximate surface area is 250 Å². The number of para-hydroxylation sites is 1. The maximum atomic E-state index is 14.7. The van der Waals surface area contributed by atoms with Gasteiger partial charge in [-0.2, -0.15) is 18.2 Å². The number of pyridine rings is 1. The van der Waals surface area contributed by atoms with E-state index in [4.69, 9.17) is 0 Å². The lowest BCUT2D eigenvalue weighted by Gasteiger charge is -2.41. The molecule has 1 aromatic heterocycles. The first-order valence-electron chi connectivity index (χ1n) is 14.1. The summed E-state index contributed by atoms with van der Waals surface area (Å²) in [6.07, 6.45) is -0.773. The second kappa shape index (κ2) is 13.2. The van der Waals surface area contributed by atoms with Crippen LogP contribution in [0.1, 0.15) is 49.0 Å². The molecule has 0 radical (unpaired) electrons. The van der Waals surface area contributed by atoms with Crippen LogP contribution >= 0.6 is 0 Å². The van der Waals surface area contributed by atoms with Crippen LogP contribution in [0.3, 0.4) is 0 Å². The second-order valence-corrected chi connectivity index (χ2v) is 11.2. The molecule has 1 saturated carbocycles.